The lowest BCUT2D eigenvalue weighted by Crippen LogP contribution is -2.10. The van der Waals surface area contributed by atoms with Crippen molar-refractivity contribution in [3.05, 3.63) is 42.5 Å². The van der Waals surface area contributed by atoms with E-state index < -0.39 is 11.9 Å². The minimum atomic E-state index is -0.501. The highest BCUT2D eigenvalue weighted by Gasteiger charge is 2.05. The van der Waals surface area contributed by atoms with Gasteiger partial charge in [-0.05, 0) is 23.8 Å². The van der Waals surface area contributed by atoms with Crippen LogP contribution in [0.3, 0.4) is 0 Å². The molecule has 118 valence electrons. The molecule has 0 aliphatic rings. The first-order valence-corrected chi connectivity index (χ1v) is 6.46. The Bertz CT molecular complexity index is 562. The van der Waals surface area contributed by atoms with Crippen LogP contribution in [0.2, 0.25) is 0 Å². The van der Waals surface area contributed by atoms with Crippen LogP contribution in [0.5, 0.6) is 11.5 Å². The smallest absolute Gasteiger partial charge is 0.330 e. The summed E-state index contributed by atoms with van der Waals surface area (Å²) in [6, 6.07) is 5.17. The molecule has 0 N–H and O–H groups in total. The van der Waals surface area contributed by atoms with Gasteiger partial charge in [-0.2, -0.15) is 0 Å². The van der Waals surface area contributed by atoms with E-state index >= 15 is 0 Å². The molecule has 0 saturated carbocycles. The van der Waals surface area contributed by atoms with Crippen LogP contribution in [0.15, 0.2) is 36.9 Å². The van der Waals surface area contributed by atoms with Crippen LogP contribution >= 0.6 is 0 Å². The van der Waals surface area contributed by atoms with Gasteiger partial charge in [0.05, 0.1) is 14.2 Å². The lowest BCUT2D eigenvalue weighted by Gasteiger charge is -2.11. The first-order chi connectivity index (χ1) is 10.6. The first kappa shape index (κ1) is 17.3. The molecule has 0 saturated heterocycles. The minimum Gasteiger partial charge on any atom is -0.493 e. The molecule has 0 aliphatic carbocycles. The number of hydrogen-bond donors (Lipinski definition) is 0. The zero-order valence-electron chi connectivity index (χ0n) is 12.5. The average molecular weight is 306 g/mol. The second-order valence-electron chi connectivity index (χ2n) is 3.99. The SMILES string of the molecule is C=CC(=O)OCCOc1ccc(C=CC(=O)OC)cc1OC. The fraction of sp³-hybridized carbons (Fsp3) is 0.250. The summed E-state index contributed by atoms with van der Waals surface area (Å²) >= 11 is 0. The van der Waals surface area contributed by atoms with Crippen molar-refractivity contribution < 1.29 is 28.5 Å². The summed E-state index contributed by atoms with van der Waals surface area (Å²) in [4.78, 5) is 21.9. The summed E-state index contributed by atoms with van der Waals surface area (Å²) in [6.45, 7) is 3.59. The van der Waals surface area contributed by atoms with E-state index in [0.717, 1.165) is 11.6 Å². The molecule has 6 heteroatoms. The Hall–Kier alpha value is -2.76. The third-order valence-corrected chi connectivity index (χ3v) is 2.55. The summed E-state index contributed by atoms with van der Waals surface area (Å²) in [6.07, 6.45) is 4.00. The number of rotatable bonds is 8. The molecule has 0 aliphatic heterocycles. The summed E-state index contributed by atoms with van der Waals surface area (Å²) in [5, 5.41) is 0. The van der Waals surface area contributed by atoms with Crippen LogP contribution in [0, 0.1) is 0 Å². The lowest BCUT2D eigenvalue weighted by atomic mass is 10.2. The van der Waals surface area contributed by atoms with Gasteiger partial charge in [-0.1, -0.05) is 12.6 Å². The van der Waals surface area contributed by atoms with Crippen molar-refractivity contribution in [1.29, 1.82) is 0 Å². The zero-order valence-corrected chi connectivity index (χ0v) is 12.5. The number of carbonyl (C=O) groups is 2. The molecule has 0 bridgehead atoms. The van der Waals surface area contributed by atoms with Crippen molar-refractivity contribution in [2.45, 2.75) is 0 Å². The Morgan fingerprint density at radius 3 is 2.55 bits per heavy atom. The Kier molecular flexibility index (Phi) is 7.25. The highest BCUT2D eigenvalue weighted by atomic mass is 16.6. The summed E-state index contributed by atoms with van der Waals surface area (Å²) in [5.74, 6) is 0.0663. The molecule has 0 spiro atoms. The highest BCUT2D eigenvalue weighted by Crippen LogP contribution is 2.28. The van der Waals surface area contributed by atoms with Gasteiger partial charge in [0.2, 0.25) is 0 Å². The van der Waals surface area contributed by atoms with E-state index in [2.05, 4.69) is 11.3 Å². The van der Waals surface area contributed by atoms with Crippen LogP contribution in [0.1, 0.15) is 5.56 Å². The van der Waals surface area contributed by atoms with Gasteiger partial charge >= 0.3 is 11.9 Å². The topological polar surface area (TPSA) is 71.1 Å². The van der Waals surface area contributed by atoms with E-state index in [0.29, 0.717) is 11.5 Å². The van der Waals surface area contributed by atoms with Gasteiger partial charge in [0.1, 0.15) is 13.2 Å². The summed E-state index contributed by atoms with van der Waals surface area (Å²) < 4.78 is 20.0. The molecule has 1 rings (SSSR count). The molecule has 0 heterocycles. The average Bonchev–Trinajstić information content (AvgIpc) is 2.56. The van der Waals surface area contributed by atoms with E-state index in [1.165, 1.54) is 20.3 Å². The third-order valence-electron chi connectivity index (χ3n) is 2.55. The molecule has 22 heavy (non-hydrogen) atoms. The molecule has 0 unspecified atom stereocenters. The standard InChI is InChI=1S/C16H18O6/c1-4-15(17)22-10-9-21-13-7-5-12(11-14(13)19-2)6-8-16(18)20-3/h4-8,11H,1,9-10H2,2-3H3. The monoisotopic (exact) mass is 306 g/mol. The number of carbonyl (C=O) groups excluding carboxylic acids is 2. The quantitative estimate of drug-likeness (QED) is 0.415. The van der Waals surface area contributed by atoms with Gasteiger partial charge in [0, 0.05) is 12.2 Å². The van der Waals surface area contributed by atoms with Crippen LogP contribution in [0.4, 0.5) is 0 Å². The zero-order chi connectivity index (χ0) is 16.4. The van der Waals surface area contributed by atoms with Crippen molar-refractivity contribution in [1.82, 2.24) is 0 Å². The van der Waals surface area contributed by atoms with Crippen LogP contribution in [-0.2, 0) is 19.1 Å². The van der Waals surface area contributed by atoms with Crippen LogP contribution in [-0.4, -0.2) is 39.4 Å². The van der Waals surface area contributed by atoms with Gasteiger partial charge in [-0.3, -0.25) is 0 Å². The summed E-state index contributed by atoms with van der Waals surface area (Å²) in [5.41, 5.74) is 0.757. The van der Waals surface area contributed by atoms with Crippen LogP contribution < -0.4 is 9.47 Å². The Morgan fingerprint density at radius 2 is 1.91 bits per heavy atom. The number of ether oxygens (including phenoxy) is 4. The van der Waals surface area contributed by atoms with Gasteiger partial charge in [0.15, 0.2) is 11.5 Å². The van der Waals surface area contributed by atoms with Crippen molar-refractivity contribution in [3.8, 4) is 11.5 Å². The third kappa shape index (κ3) is 5.70. The Morgan fingerprint density at radius 1 is 1.14 bits per heavy atom. The van der Waals surface area contributed by atoms with E-state index in [-0.39, 0.29) is 13.2 Å². The fourth-order valence-corrected chi connectivity index (χ4v) is 1.49. The maximum Gasteiger partial charge on any atom is 0.330 e. The fourth-order valence-electron chi connectivity index (χ4n) is 1.49. The van der Waals surface area contributed by atoms with E-state index in [9.17, 15) is 9.59 Å². The molecule has 1 aromatic carbocycles. The molecular weight excluding hydrogens is 288 g/mol. The van der Waals surface area contributed by atoms with Crippen LogP contribution in [0.25, 0.3) is 6.08 Å². The maximum absolute atomic E-state index is 11.0. The van der Waals surface area contributed by atoms with Gasteiger partial charge in [-0.15, -0.1) is 0 Å². The largest absolute Gasteiger partial charge is 0.493 e. The van der Waals surface area contributed by atoms with Crippen molar-refractivity contribution in [2.24, 2.45) is 0 Å². The Balaban J connectivity index is 2.64. The number of benzene rings is 1. The molecule has 0 radical (unpaired) electrons. The molecule has 0 amide bonds. The first-order valence-electron chi connectivity index (χ1n) is 6.46. The number of methoxy groups -OCH3 is 2. The second-order valence-corrected chi connectivity index (χ2v) is 3.99. The molecular formula is C16H18O6. The Labute approximate surface area is 128 Å². The van der Waals surface area contributed by atoms with Gasteiger partial charge in [0.25, 0.3) is 0 Å². The number of hydrogen-bond acceptors (Lipinski definition) is 6. The van der Waals surface area contributed by atoms with Gasteiger partial charge < -0.3 is 18.9 Å². The molecule has 0 atom stereocenters. The molecule has 1 aromatic rings. The van der Waals surface area contributed by atoms with Gasteiger partial charge in [-0.25, -0.2) is 9.59 Å². The van der Waals surface area contributed by atoms with E-state index in [1.807, 2.05) is 0 Å². The normalized spacial score (nSPS) is 10.1. The van der Waals surface area contributed by atoms with E-state index in [4.69, 9.17) is 14.2 Å². The lowest BCUT2D eigenvalue weighted by molar-refractivity contribution is -0.138. The predicted octanol–water partition coefficient (Wildman–Crippen LogP) is 1.99. The molecule has 6 nitrogen and oxygen atoms in total. The van der Waals surface area contributed by atoms with E-state index in [1.54, 1.807) is 24.3 Å². The van der Waals surface area contributed by atoms with Crippen molar-refractivity contribution >= 4 is 18.0 Å². The molecule has 0 fully saturated rings. The van der Waals surface area contributed by atoms with Crippen molar-refractivity contribution in [3.63, 3.8) is 0 Å². The highest BCUT2D eigenvalue weighted by molar-refractivity contribution is 5.87. The van der Waals surface area contributed by atoms with Crippen molar-refractivity contribution in [2.75, 3.05) is 27.4 Å². The predicted molar refractivity (Wildman–Crippen MR) is 80.7 cm³/mol. The number of esters is 2. The molecule has 0 aromatic heterocycles. The summed E-state index contributed by atoms with van der Waals surface area (Å²) in [7, 11) is 2.82. The maximum atomic E-state index is 11.0. The minimum absolute atomic E-state index is 0.109. The second kappa shape index (κ2) is 9.23.